The fourth-order valence-corrected chi connectivity index (χ4v) is 2.78. The summed E-state index contributed by atoms with van der Waals surface area (Å²) in [7, 11) is 0. The maximum atomic E-state index is 5.38. The summed E-state index contributed by atoms with van der Waals surface area (Å²) >= 11 is 5.38. The van der Waals surface area contributed by atoms with Gasteiger partial charge in [-0.15, -0.1) is 0 Å². The average molecular weight is 235 g/mol. The van der Waals surface area contributed by atoms with Gasteiger partial charge in [-0.2, -0.15) is 0 Å². The van der Waals surface area contributed by atoms with Crippen molar-refractivity contribution in [2.45, 2.75) is 39.2 Å². The average Bonchev–Trinajstić information content (AvgIpc) is 2.88. The molecule has 3 nitrogen and oxygen atoms in total. The Morgan fingerprint density at radius 1 is 1.44 bits per heavy atom. The van der Waals surface area contributed by atoms with Crippen molar-refractivity contribution in [2.75, 3.05) is 6.54 Å². The van der Waals surface area contributed by atoms with Crippen LogP contribution in [0, 0.1) is 10.1 Å². The Balaban J connectivity index is 2.03. The van der Waals surface area contributed by atoms with Crippen LogP contribution in [0.3, 0.4) is 0 Å². The summed E-state index contributed by atoms with van der Waals surface area (Å²) in [6.45, 7) is 6.48. The molecule has 2 aliphatic rings. The van der Waals surface area contributed by atoms with E-state index in [1.165, 1.54) is 17.7 Å². The lowest BCUT2D eigenvalue weighted by Crippen LogP contribution is -2.26. The van der Waals surface area contributed by atoms with Crippen LogP contribution in [0.15, 0.2) is 0 Å². The van der Waals surface area contributed by atoms with Gasteiger partial charge in [0.15, 0.2) is 0 Å². The van der Waals surface area contributed by atoms with E-state index in [2.05, 4.69) is 29.1 Å². The smallest absolute Gasteiger partial charge is 0.134 e. The van der Waals surface area contributed by atoms with Crippen LogP contribution in [0.25, 0.3) is 0 Å². The minimum atomic E-state index is 0.409. The zero-order valence-corrected chi connectivity index (χ0v) is 10.6. The highest BCUT2D eigenvalue weighted by atomic mass is 32.1. The standard InChI is InChI=1S/C12H17N3S/c1-12(2)5-8(12)10-14-9-3-4-13-6-7(9)11(16)15-10/h8,13H,3-6H2,1-2H3,(H,14,15,16). The normalized spacial score (nSPS) is 26.2. The van der Waals surface area contributed by atoms with E-state index in [1.54, 1.807) is 0 Å². The lowest BCUT2D eigenvalue weighted by molar-refractivity contribution is 0.589. The van der Waals surface area contributed by atoms with Gasteiger partial charge in [-0.3, -0.25) is 0 Å². The zero-order chi connectivity index (χ0) is 11.3. The summed E-state index contributed by atoms with van der Waals surface area (Å²) in [5, 5.41) is 3.34. The number of aromatic nitrogens is 2. The summed E-state index contributed by atoms with van der Waals surface area (Å²) in [4.78, 5) is 8.07. The lowest BCUT2D eigenvalue weighted by Gasteiger charge is -2.18. The van der Waals surface area contributed by atoms with Gasteiger partial charge in [0.2, 0.25) is 0 Å². The minimum absolute atomic E-state index is 0.409. The van der Waals surface area contributed by atoms with Gasteiger partial charge in [0.25, 0.3) is 0 Å². The number of nitrogens with zero attached hydrogens (tertiary/aromatic N) is 1. The second-order valence-corrected chi connectivity index (χ2v) is 5.94. The highest BCUT2D eigenvalue weighted by Crippen LogP contribution is 2.57. The van der Waals surface area contributed by atoms with Gasteiger partial charge in [0, 0.05) is 36.7 Å². The molecule has 1 atom stereocenters. The van der Waals surface area contributed by atoms with Crippen LogP contribution in [-0.4, -0.2) is 16.5 Å². The molecule has 0 aromatic carbocycles. The molecule has 4 heteroatoms. The first-order chi connectivity index (χ1) is 7.58. The second kappa shape index (κ2) is 3.37. The highest BCUT2D eigenvalue weighted by Gasteiger charge is 2.48. The maximum absolute atomic E-state index is 5.38. The van der Waals surface area contributed by atoms with Crippen LogP contribution in [0.5, 0.6) is 0 Å². The Bertz CT molecular complexity index is 490. The first kappa shape index (κ1) is 10.4. The van der Waals surface area contributed by atoms with Gasteiger partial charge in [-0.1, -0.05) is 26.1 Å². The van der Waals surface area contributed by atoms with E-state index in [9.17, 15) is 0 Å². The van der Waals surface area contributed by atoms with E-state index < -0.39 is 0 Å². The van der Waals surface area contributed by atoms with Crippen LogP contribution in [0.4, 0.5) is 0 Å². The van der Waals surface area contributed by atoms with Crippen LogP contribution in [-0.2, 0) is 13.0 Å². The number of hydrogen-bond donors (Lipinski definition) is 2. The first-order valence-corrected chi connectivity index (χ1v) is 6.31. The predicted molar refractivity (Wildman–Crippen MR) is 66.0 cm³/mol. The molecule has 86 valence electrons. The molecule has 16 heavy (non-hydrogen) atoms. The fraction of sp³-hybridized carbons (Fsp3) is 0.667. The lowest BCUT2D eigenvalue weighted by atomic mass is 10.1. The van der Waals surface area contributed by atoms with Crippen molar-refractivity contribution in [3.63, 3.8) is 0 Å². The van der Waals surface area contributed by atoms with Gasteiger partial charge in [-0.25, -0.2) is 4.98 Å². The van der Waals surface area contributed by atoms with Gasteiger partial charge >= 0.3 is 0 Å². The van der Waals surface area contributed by atoms with E-state index in [-0.39, 0.29) is 0 Å². The molecule has 0 bridgehead atoms. The van der Waals surface area contributed by atoms with E-state index in [0.29, 0.717) is 11.3 Å². The SMILES string of the molecule is CC1(C)CC1c1nc(=S)c2c([nH]1)CCNC2. The number of fused-ring (bicyclic) bond motifs is 1. The fourth-order valence-electron chi connectivity index (χ4n) is 2.49. The molecule has 0 radical (unpaired) electrons. The molecule has 0 spiro atoms. The Morgan fingerprint density at radius 2 is 2.19 bits per heavy atom. The molecule has 0 amide bonds. The van der Waals surface area contributed by atoms with Crippen LogP contribution in [0.2, 0.25) is 0 Å². The number of aromatic amines is 1. The van der Waals surface area contributed by atoms with Crippen molar-refractivity contribution < 1.29 is 0 Å². The minimum Gasteiger partial charge on any atom is -0.347 e. The summed E-state index contributed by atoms with van der Waals surface area (Å²) in [6.07, 6.45) is 2.27. The van der Waals surface area contributed by atoms with Crippen molar-refractivity contribution in [3.8, 4) is 0 Å². The number of rotatable bonds is 1. The first-order valence-electron chi connectivity index (χ1n) is 5.90. The molecular formula is C12H17N3S. The van der Waals surface area contributed by atoms with Crippen molar-refractivity contribution in [1.82, 2.24) is 15.3 Å². The van der Waals surface area contributed by atoms with Gasteiger partial charge in [0.05, 0.1) is 0 Å². The third-order valence-electron chi connectivity index (χ3n) is 3.82. The number of nitrogens with one attached hydrogen (secondary N) is 2. The number of hydrogen-bond acceptors (Lipinski definition) is 3. The van der Waals surface area contributed by atoms with E-state index in [1.807, 2.05) is 0 Å². The predicted octanol–water partition coefficient (Wildman–Crippen LogP) is 2.30. The molecule has 0 saturated heterocycles. The van der Waals surface area contributed by atoms with Crippen molar-refractivity contribution in [3.05, 3.63) is 21.7 Å². The number of H-pyrrole nitrogens is 1. The van der Waals surface area contributed by atoms with Gasteiger partial charge in [0.1, 0.15) is 10.5 Å². The molecule has 2 heterocycles. The molecule has 1 aliphatic heterocycles. The topological polar surface area (TPSA) is 40.7 Å². The van der Waals surface area contributed by atoms with Crippen LogP contribution < -0.4 is 5.32 Å². The van der Waals surface area contributed by atoms with Crippen molar-refractivity contribution >= 4 is 12.2 Å². The molecule has 1 fully saturated rings. The summed E-state index contributed by atoms with van der Waals surface area (Å²) < 4.78 is 0.790. The Hall–Kier alpha value is -0.740. The molecule has 1 unspecified atom stereocenters. The third kappa shape index (κ3) is 1.60. The maximum Gasteiger partial charge on any atom is 0.134 e. The summed E-state index contributed by atoms with van der Waals surface area (Å²) in [5.41, 5.74) is 2.91. The summed E-state index contributed by atoms with van der Waals surface area (Å²) in [5.74, 6) is 1.69. The largest absolute Gasteiger partial charge is 0.347 e. The summed E-state index contributed by atoms with van der Waals surface area (Å²) in [6, 6.07) is 0. The molecule has 3 rings (SSSR count). The Labute approximate surface area is 101 Å². The Morgan fingerprint density at radius 3 is 2.88 bits per heavy atom. The third-order valence-corrected chi connectivity index (χ3v) is 4.16. The molecule has 1 aromatic rings. The Kier molecular flexibility index (Phi) is 2.20. The molecule has 1 saturated carbocycles. The van der Waals surface area contributed by atoms with Gasteiger partial charge < -0.3 is 10.3 Å². The van der Waals surface area contributed by atoms with E-state index >= 15 is 0 Å². The zero-order valence-electron chi connectivity index (χ0n) is 9.76. The van der Waals surface area contributed by atoms with Crippen LogP contribution in [0.1, 0.15) is 43.3 Å². The quantitative estimate of drug-likeness (QED) is 0.734. The van der Waals surface area contributed by atoms with E-state index in [4.69, 9.17) is 12.2 Å². The van der Waals surface area contributed by atoms with Crippen molar-refractivity contribution in [2.24, 2.45) is 5.41 Å². The van der Waals surface area contributed by atoms with E-state index in [0.717, 1.165) is 30.0 Å². The molecule has 2 N–H and O–H groups in total. The van der Waals surface area contributed by atoms with Crippen LogP contribution >= 0.6 is 12.2 Å². The molecular weight excluding hydrogens is 218 g/mol. The second-order valence-electron chi connectivity index (χ2n) is 5.56. The highest BCUT2D eigenvalue weighted by molar-refractivity contribution is 7.71. The molecule has 1 aliphatic carbocycles. The molecule has 1 aromatic heterocycles. The van der Waals surface area contributed by atoms with Crippen molar-refractivity contribution in [1.29, 1.82) is 0 Å². The van der Waals surface area contributed by atoms with Gasteiger partial charge in [-0.05, 0) is 11.8 Å². The monoisotopic (exact) mass is 235 g/mol.